The maximum atomic E-state index is 12.5. The zero-order chi connectivity index (χ0) is 13.6. The summed E-state index contributed by atoms with van der Waals surface area (Å²) in [6, 6.07) is 6.47. The molecule has 4 amide bonds. The summed E-state index contributed by atoms with van der Waals surface area (Å²) in [6.45, 7) is 0. The molecular formula is C13H11IN2O3. The van der Waals surface area contributed by atoms with Crippen LogP contribution in [0.25, 0.3) is 0 Å². The highest BCUT2D eigenvalue weighted by molar-refractivity contribution is 14.1. The number of rotatable bonds is 1. The van der Waals surface area contributed by atoms with Gasteiger partial charge in [0.25, 0.3) is 5.91 Å². The molecule has 1 N–H and O–H groups in total. The van der Waals surface area contributed by atoms with Crippen LogP contribution >= 0.6 is 22.6 Å². The summed E-state index contributed by atoms with van der Waals surface area (Å²) in [6.07, 6.45) is 1.88. The molecule has 1 saturated carbocycles. The van der Waals surface area contributed by atoms with Gasteiger partial charge in [0, 0.05) is 3.57 Å². The fourth-order valence-corrected chi connectivity index (χ4v) is 3.13. The van der Waals surface area contributed by atoms with Gasteiger partial charge in [0.2, 0.25) is 5.91 Å². The Hall–Kier alpha value is -1.44. The maximum absolute atomic E-state index is 12.5. The highest BCUT2D eigenvalue weighted by Gasteiger charge is 2.57. The molecule has 1 aromatic rings. The van der Waals surface area contributed by atoms with Gasteiger partial charge in [-0.05, 0) is 47.6 Å². The Balaban J connectivity index is 2.06. The number of para-hydroxylation sites is 1. The Morgan fingerprint density at radius 1 is 1.16 bits per heavy atom. The third-order valence-electron chi connectivity index (χ3n) is 3.77. The maximum Gasteiger partial charge on any atom is 0.335 e. The minimum absolute atomic E-state index is 0.392. The SMILES string of the molecule is O=C1NC(=O)C2(CCC2)C(=O)N1c1ccccc1I. The van der Waals surface area contributed by atoms with Crippen LogP contribution in [0.5, 0.6) is 0 Å². The van der Waals surface area contributed by atoms with Gasteiger partial charge in [0.1, 0.15) is 5.41 Å². The summed E-state index contributed by atoms with van der Waals surface area (Å²) in [5.41, 5.74) is -0.489. The molecule has 19 heavy (non-hydrogen) atoms. The Morgan fingerprint density at radius 3 is 2.42 bits per heavy atom. The number of urea groups is 1. The molecule has 1 heterocycles. The number of benzene rings is 1. The summed E-state index contributed by atoms with van der Waals surface area (Å²) in [5.74, 6) is -0.840. The quantitative estimate of drug-likeness (QED) is 0.608. The minimum atomic E-state index is -1.02. The molecule has 0 unspecified atom stereocenters. The predicted octanol–water partition coefficient (Wildman–Crippen LogP) is 2.04. The highest BCUT2D eigenvalue weighted by atomic mass is 127. The first-order chi connectivity index (χ1) is 9.06. The lowest BCUT2D eigenvalue weighted by Gasteiger charge is -2.44. The van der Waals surface area contributed by atoms with E-state index in [0.29, 0.717) is 18.5 Å². The van der Waals surface area contributed by atoms with E-state index in [4.69, 9.17) is 0 Å². The van der Waals surface area contributed by atoms with Crippen molar-refractivity contribution in [1.29, 1.82) is 0 Å². The number of halogens is 1. The van der Waals surface area contributed by atoms with Crippen molar-refractivity contribution in [2.45, 2.75) is 19.3 Å². The standard InChI is InChI=1S/C13H11IN2O3/c14-8-4-1-2-5-9(8)16-11(18)13(6-3-7-13)10(17)15-12(16)19/h1-2,4-5H,3,6-7H2,(H,15,17,19). The van der Waals surface area contributed by atoms with E-state index in [1.165, 1.54) is 0 Å². The van der Waals surface area contributed by atoms with Crippen molar-refractivity contribution in [2.24, 2.45) is 5.41 Å². The topological polar surface area (TPSA) is 66.5 Å². The van der Waals surface area contributed by atoms with E-state index in [1.54, 1.807) is 12.1 Å². The van der Waals surface area contributed by atoms with E-state index in [0.717, 1.165) is 14.9 Å². The molecule has 2 aliphatic rings. The fraction of sp³-hybridized carbons (Fsp3) is 0.308. The second kappa shape index (κ2) is 4.29. The average Bonchev–Trinajstić information content (AvgIpc) is 2.29. The van der Waals surface area contributed by atoms with Crippen LogP contribution in [-0.2, 0) is 9.59 Å². The van der Waals surface area contributed by atoms with Crippen LogP contribution in [0.2, 0.25) is 0 Å². The second-order valence-electron chi connectivity index (χ2n) is 4.79. The highest BCUT2D eigenvalue weighted by Crippen LogP contribution is 2.45. The second-order valence-corrected chi connectivity index (χ2v) is 5.95. The van der Waals surface area contributed by atoms with Crippen LogP contribution in [0, 0.1) is 8.99 Å². The zero-order valence-corrected chi connectivity index (χ0v) is 12.1. The molecule has 0 aromatic heterocycles. The van der Waals surface area contributed by atoms with Crippen molar-refractivity contribution in [1.82, 2.24) is 5.32 Å². The van der Waals surface area contributed by atoms with E-state index in [1.807, 2.05) is 12.1 Å². The minimum Gasteiger partial charge on any atom is -0.276 e. The molecule has 0 radical (unpaired) electrons. The van der Waals surface area contributed by atoms with Crippen LogP contribution < -0.4 is 10.2 Å². The van der Waals surface area contributed by atoms with E-state index in [2.05, 4.69) is 27.9 Å². The average molecular weight is 370 g/mol. The number of nitrogens with one attached hydrogen (secondary N) is 1. The molecule has 5 nitrogen and oxygen atoms in total. The smallest absolute Gasteiger partial charge is 0.276 e. The third-order valence-corrected chi connectivity index (χ3v) is 4.68. The Bertz CT molecular complexity index is 595. The van der Waals surface area contributed by atoms with Gasteiger partial charge in [0.15, 0.2) is 0 Å². The van der Waals surface area contributed by atoms with E-state index >= 15 is 0 Å². The number of carbonyl (C=O) groups excluding carboxylic acids is 3. The number of nitrogens with zero attached hydrogens (tertiary/aromatic N) is 1. The number of carbonyl (C=O) groups is 3. The van der Waals surface area contributed by atoms with Crippen molar-refractivity contribution < 1.29 is 14.4 Å². The number of barbiturate groups is 1. The molecule has 98 valence electrons. The van der Waals surface area contributed by atoms with Gasteiger partial charge in [-0.3, -0.25) is 14.9 Å². The first kappa shape index (κ1) is 12.6. The van der Waals surface area contributed by atoms with Gasteiger partial charge >= 0.3 is 6.03 Å². The monoisotopic (exact) mass is 370 g/mol. The Kier molecular flexibility index (Phi) is 2.84. The van der Waals surface area contributed by atoms with Crippen molar-refractivity contribution in [2.75, 3.05) is 4.90 Å². The summed E-state index contributed by atoms with van der Waals surface area (Å²) in [4.78, 5) is 37.5. The van der Waals surface area contributed by atoms with Crippen molar-refractivity contribution in [3.63, 3.8) is 0 Å². The van der Waals surface area contributed by atoms with Crippen LogP contribution in [0.15, 0.2) is 24.3 Å². The largest absolute Gasteiger partial charge is 0.335 e. The molecule has 1 saturated heterocycles. The number of amides is 4. The van der Waals surface area contributed by atoms with Crippen molar-refractivity contribution >= 4 is 46.1 Å². The molecular weight excluding hydrogens is 359 g/mol. The lowest BCUT2D eigenvalue weighted by molar-refractivity contribution is -0.148. The first-order valence-corrected chi connectivity index (χ1v) is 7.09. The van der Waals surface area contributed by atoms with Gasteiger partial charge in [-0.1, -0.05) is 18.6 Å². The Morgan fingerprint density at radius 2 is 1.84 bits per heavy atom. The van der Waals surface area contributed by atoms with E-state index in [-0.39, 0.29) is 0 Å². The molecule has 0 bridgehead atoms. The van der Waals surface area contributed by atoms with Gasteiger partial charge < -0.3 is 0 Å². The number of hydrogen-bond acceptors (Lipinski definition) is 3. The Labute approximate surface area is 123 Å². The van der Waals surface area contributed by atoms with Gasteiger partial charge in [-0.25, -0.2) is 9.69 Å². The number of hydrogen-bond donors (Lipinski definition) is 1. The van der Waals surface area contributed by atoms with Crippen LogP contribution in [0.3, 0.4) is 0 Å². The summed E-state index contributed by atoms with van der Waals surface area (Å²) >= 11 is 2.07. The van der Waals surface area contributed by atoms with Crippen molar-refractivity contribution in [3.05, 3.63) is 27.8 Å². The van der Waals surface area contributed by atoms with Crippen LogP contribution in [-0.4, -0.2) is 17.8 Å². The first-order valence-electron chi connectivity index (χ1n) is 6.01. The normalized spacial score (nSPS) is 21.3. The third kappa shape index (κ3) is 1.69. The van der Waals surface area contributed by atoms with Gasteiger partial charge in [-0.2, -0.15) is 0 Å². The molecule has 1 spiro atoms. The van der Waals surface area contributed by atoms with Crippen LogP contribution in [0.4, 0.5) is 10.5 Å². The van der Waals surface area contributed by atoms with Crippen LogP contribution in [0.1, 0.15) is 19.3 Å². The molecule has 2 fully saturated rings. The molecule has 1 aromatic carbocycles. The number of anilines is 1. The predicted molar refractivity (Wildman–Crippen MR) is 76.5 cm³/mol. The molecule has 1 aliphatic heterocycles. The summed E-state index contributed by atoms with van der Waals surface area (Å²) < 4.78 is 0.799. The van der Waals surface area contributed by atoms with Crippen molar-refractivity contribution in [3.8, 4) is 0 Å². The molecule has 6 heteroatoms. The zero-order valence-electron chi connectivity index (χ0n) is 9.98. The fourth-order valence-electron chi connectivity index (χ4n) is 2.50. The molecule has 3 rings (SSSR count). The van der Waals surface area contributed by atoms with E-state index < -0.39 is 23.3 Å². The number of imide groups is 2. The lowest BCUT2D eigenvalue weighted by Crippen LogP contribution is -2.66. The summed E-state index contributed by atoms with van der Waals surface area (Å²) in [5, 5.41) is 2.30. The summed E-state index contributed by atoms with van der Waals surface area (Å²) in [7, 11) is 0. The molecule has 1 aliphatic carbocycles. The molecule has 0 atom stereocenters. The lowest BCUT2D eigenvalue weighted by atomic mass is 9.66. The van der Waals surface area contributed by atoms with E-state index in [9.17, 15) is 14.4 Å². The van der Waals surface area contributed by atoms with Gasteiger partial charge in [0.05, 0.1) is 5.69 Å². The van der Waals surface area contributed by atoms with Gasteiger partial charge in [-0.15, -0.1) is 0 Å².